The lowest BCUT2D eigenvalue weighted by Gasteiger charge is -2.15. The van der Waals surface area contributed by atoms with Crippen molar-refractivity contribution in [1.82, 2.24) is 20.2 Å². The molecule has 6 nitrogen and oxygen atoms in total. The topological polar surface area (TPSA) is 64.0 Å². The van der Waals surface area contributed by atoms with Crippen molar-refractivity contribution in [2.45, 2.75) is 25.2 Å². The average Bonchev–Trinajstić information content (AvgIpc) is 3.32. The Balaban J connectivity index is 1.29. The van der Waals surface area contributed by atoms with Crippen molar-refractivity contribution in [3.05, 3.63) is 36.3 Å². The zero-order chi connectivity index (χ0) is 14.8. The van der Waals surface area contributed by atoms with Gasteiger partial charge in [-0.15, -0.1) is 5.10 Å². The van der Waals surface area contributed by atoms with Crippen molar-refractivity contribution in [2.75, 3.05) is 24.6 Å². The van der Waals surface area contributed by atoms with Crippen LogP contribution in [0, 0.1) is 5.92 Å². The highest BCUT2D eigenvalue weighted by molar-refractivity contribution is 5.30. The fourth-order valence-electron chi connectivity index (χ4n) is 2.81. The van der Waals surface area contributed by atoms with Gasteiger partial charge in [-0.2, -0.15) is 5.10 Å². The standard InChI is InChI=1S/C16H19N5O/c1-7-17-16(18-8-1)21-9-6-12(10-21)11-22-15-5-4-14(19-20-15)13-2-3-13/h1,4-5,7-8,12-13H,2-3,6,9-11H2. The van der Waals surface area contributed by atoms with Gasteiger partial charge in [-0.25, -0.2) is 9.97 Å². The molecule has 114 valence electrons. The van der Waals surface area contributed by atoms with E-state index in [2.05, 4.69) is 25.1 Å². The smallest absolute Gasteiger partial charge is 0.233 e. The number of ether oxygens (including phenoxy) is 1. The van der Waals surface area contributed by atoms with E-state index < -0.39 is 0 Å². The van der Waals surface area contributed by atoms with Crippen molar-refractivity contribution in [3.63, 3.8) is 0 Å². The molecule has 2 fully saturated rings. The molecular weight excluding hydrogens is 278 g/mol. The monoisotopic (exact) mass is 297 g/mol. The molecule has 0 aromatic carbocycles. The van der Waals surface area contributed by atoms with E-state index in [0.29, 0.717) is 24.3 Å². The third-order valence-corrected chi connectivity index (χ3v) is 4.24. The minimum atomic E-state index is 0.480. The van der Waals surface area contributed by atoms with Gasteiger partial charge in [0.05, 0.1) is 12.3 Å². The molecular formula is C16H19N5O. The van der Waals surface area contributed by atoms with E-state index in [4.69, 9.17) is 4.74 Å². The van der Waals surface area contributed by atoms with Crippen LogP contribution in [0.3, 0.4) is 0 Å². The molecule has 1 saturated carbocycles. The number of hydrogen-bond donors (Lipinski definition) is 0. The molecule has 1 aliphatic heterocycles. The molecule has 2 aromatic heterocycles. The van der Waals surface area contributed by atoms with Gasteiger partial charge in [-0.3, -0.25) is 0 Å². The fourth-order valence-corrected chi connectivity index (χ4v) is 2.81. The van der Waals surface area contributed by atoms with Gasteiger partial charge in [-0.1, -0.05) is 0 Å². The first kappa shape index (κ1) is 13.4. The summed E-state index contributed by atoms with van der Waals surface area (Å²) in [6.45, 7) is 2.57. The van der Waals surface area contributed by atoms with Crippen LogP contribution in [0.1, 0.15) is 30.9 Å². The molecule has 2 aromatic rings. The predicted molar refractivity (Wildman–Crippen MR) is 81.9 cm³/mol. The Morgan fingerprint density at radius 1 is 1.09 bits per heavy atom. The van der Waals surface area contributed by atoms with Crippen molar-refractivity contribution in [2.24, 2.45) is 5.92 Å². The van der Waals surface area contributed by atoms with Crippen LogP contribution in [-0.4, -0.2) is 39.9 Å². The summed E-state index contributed by atoms with van der Waals surface area (Å²) < 4.78 is 5.79. The van der Waals surface area contributed by atoms with E-state index in [1.54, 1.807) is 12.4 Å². The maximum atomic E-state index is 5.79. The summed E-state index contributed by atoms with van der Waals surface area (Å²) in [6.07, 6.45) is 7.14. The van der Waals surface area contributed by atoms with E-state index in [1.807, 2.05) is 18.2 Å². The molecule has 22 heavy (non-hydrogen) atoms. The number of nitrogens with zero attached hydrogens (tertiary/aromatic N) is 5. The zero-order valence-corrected chi connectivity index (χ0v) is 12.4. The molecule has 1 atom stereocenters. The van der Waals surface area contributed by atoms with Crippen LogP contribution in [0.5, 0.6) is 5.88 Å². The summed E-state index contributed by atoms with van der Waals surface area (Å²) in [4.78, 5) is 10.8. The highest BCUT2D eigenvalue weighted by Crippen LogP contribution is 2.38. The normalized spacial score (nSPS) is 21.1. The van der Waals surface area contributed by atoms with Gasteiger partial charge < -0.3 is 9.64 Å². The maximum Gasteiger partial charge on any atom is 0.233 e. The lowest BCUT2D eigenvalue weighted by molar-refractivity contribution is 0.249. The van der Waals surface area contributed by atoms with Crippen LogP contribution in [0.2, 0.25) is 0 Å². The first-order chi connectivity index (χ1) is 10.9. The molecule has 1 saturated heterocycles. The molecule has 2 aliphatic rings. The number of anilines is 1. The Morgan fingerprint density at radius 2 is 1.95 bits per heavy atom. The summed E-state index contributed by atoms with van der Waals surface area (Å²) in [5.41, 5.74) is 1.10. The minimum Gasteiger partial charge on any atom is -0.476 e. The molecule has 1 unspecified atom stereocenters. The molecule has 0 amide bonds. The zero-order valence-electron chi connectivity index (χ0n) is 12.4. The van der Waals surface area contributed by atoms with Crippen LogP contribution in [-0.2, 0) is 0 Å². The van der Waals surface area contributed by atoms with E-state index >= 15 is 0 Å². The third-order valence-electron chi connectivity index (χ3n) is 4.24. The molecule has 4 rings (SSSR count). The SMILES string of the molecule is c1cnc(N2CCC(COc3ccc(C4CC4)nn3)C2)nc1. The number of hydrogen-bond acceptors (Lipinski definition) is 6. The van der Waals surface area contributed by atoms with Crippen LogP contribution in [0.25, 0.3) is 0 Å². The Kier molecular flexibility index (Phi) is 3.58. The third kappa shape index (κ3) is 3.00. The largest absolute Gasteiger partial charge is 0.476 e. The molecule has 1 aliphatic carbocycles. The van der Waals surface area contributed by atoms with Gasteiger partial charge in [0.1, 0.15) is 0 Å². The van der Waals surface area contributed by atoms with Crippen LogP contribution in [0.15, 0.2) is 30.6 Å². The summed E-state index contributed by atoms with van der Waals surface area (Å²) in [5.74, 6) is 2.54. The molecule has 0 N–H and O–H groups in total. The Morgan fingerprint density at radius 3 is 2.68 bits per heavy atom. The van der Waals surface area contributed by atoms with Crippen molar-refractivity contribution in [3.8, 4) is 5.88 Å². The van der Waals surface area contributed by atoms with E-state index in [-0.39, 0.29) is 0 Å². The first-order valence-corrected chi connectivity index (χ1v) is 7.87. The van der Waals surface area contributed by atoms with Crippen LogP contribution in [0.4, 0.5) is 5.95 Å². The second-order valence-corrected chi connectivity index (χ2v) is 6.03. The van der Waals surface area contributed by atoms with Crippen LogP contribution >= 0.6 is 0 Å². The molecule has 6 heteroatoms. The second kappa shape index (κ2) is 5.87. The molecule has 0 bridgehead atoms. The Hall–Kier alpha value is -2.24. The van der Waals surface area contributed by atoms with Gasteiger partial charge >= 0.3 is 0 Å². The first-order valence-electron chi connectivity index (χ1n) is 7.87. The molecule has 0 spiro atoms. The van der Waals surface area contributed by atoms with Crippen molar-refractivity contribution < 1.29 is 4.74 Å². The minimum absolute atomic E-state index is 0.480. The molecule has 0 radical (unpaired) electrons. The lowest BCUT2D eigenvalue weighted by Crippen LogP contribution is -2.23. The predicted octanol–water partition coefficient (Wildman–Crippen LogP) is 2.05. The Bertz CT molecular complexity index is 614. The van der Waals surface area contributed by atoms with Crippen molar-refractivity contribution in [1.29, 1.82) is 0 Å². The summed E-state index contributed by atoms with van der Waals surface area (Å²) in [6, 6.07) is 5.82. The van der Waals surface area contributed by atoms with E-state index in [1.165, 1.54) is 12.8 Å². The average molecular weight is 297 g/mol. The lowest BCUT2D eigenvalue weighted by atomic mass is 10.1. The Labute approximate surface area is 129 Å². The summed E-state index contributed by atoms with van der Waals surface area (Å²) in [7, 11) is 0. The van der Waals surface area contributed by atoms with E-state index in [9.17, 15) is 0 Å². The number of rotatable bonds is 5. The van der Waals surface area contributed by atoms with Gasteiger partial charge in [-0.05, 0) is 31.4 Å². The van der Waals surface area contributed by atoms with Gasteiger partial charge in [0.2, 0.25) is 11.8 Å². The van der Waals surface area contributed by atoms with Gasteiger partial charge in [0.25, 0.3) is 0 Å². The van der Waals surface area contributed by atoms with Crippen LogP contribution < -0.4 is 9.64 Å². The highest BCUT2D eigenvalue weighted by atomic mass is 16.5. The van der Waals surface area contributed by atoms with Crippen molar-refractivity contribution >= 4 is 5.95 Å². The van der Waals surface area contributed by atoms with Gasteiger partial charge in [0, 0.05) is 43.4 Å². The maximum absolute atomic E-state index is 5.79. The number of aromatic nitrogens is 4. The fraction of sp³-hybridized carbons (Fsp3) is 0.500. The molecule has 3 heterocycles. The van der Waals surface area contributed by atoms with E-state index in [0.717, 1.165) is 31.2 Å². The second-order valence-electron chi connectivity index (χ2n) is 6.03. The summed E-state index contributed by atoms with van der Waals surface area (Å²) in [5, 5.41) is 8.41. The summed E-state index contributed by atoms with van der Waals surface area (Å²) >= 11 is 0. The quantitative estimate of drug-likeness (QED) is 0.841. The van der Waals surface area contributed by atoms with Gasteiger partial charge in [0.15, 0.2) is 0 Å². The highest BCUT2D eigenvalue weighted by Gasteiger charge is 2.26.